The maximum absolute atomic E-state index is 12.3. The molecule has 1 N–H and O–H groups in total. The number of benzene rings is 1. The molecule has 0 unspecified atom stereocenters. The number of carbonyl (C=O) groups excluding carboxylic acids is 1. The van der Waals surface area contributed by atoms with Crippen LogP contribution in [0.15, 0.2) is 18.2 Å². The topological polar surface area (TPSA) is 98.0 Å². The Kier molecular flexibility index (Phi) is 5.75. The van der Waals surface area contributed by atoms with E-state index in [0.29, 0.717) is 10.7 Å². The van der Waals surface area contributed by atoms with Gasteiger partial charge in [0.05, 0.1) is 4.92 Å². The fourth-order valence-electron chi connectivity index (χ4n) is 2.16. The predicted molar refractivity (Wildman–Crippen MR) is 88.9 cm³/mol. The van der Waals surface area contributed by atoms with Crippen molar-refractivity contribution in [3.63, 3.8) is 0 Å². The second-order valence-corrected chi connectivity index (χ2v) is 6.18. The summed E-state index contributed by atoms with van der Waals surface area (Å²) in [6.07, 6.45) is 4.16. The normalized spacial score (nSPS) is 10.5. The average molecular weight is 334 g/mol. The number of hydrogen-bond acceptors (Lipinski definition) is 6. The first-order valence-electron chi connectivity index (χ1n) is 7.40. The minimum Gasteiger partial charge on any atom is -0.296 e. The summed E-state index contributed by atoms with van der Waals surface area (Å²) in [5.74, 6) is -0.414. The average Bonchev–Trinajstić information content (AvgIpc) is 2.94. The van der Waals surface area contributed by atoms with E-state index in [-0.39, 0.29) is 11.3 Å². The highest BCUT2D eigenvalue weighted by atomic mass is 32.1. The molecule has 2 rings (SSSR count). The number of aromatic nitrogens is 2. The summed E-state index contributed by atoms with van der Waals surface area (Å²) in [5.41, 5.74) is 0.528. The second-order valence-electron chi connectivity index (χ2n) is 5.12. The van der Waals surface area contributed by atoms with Crippen LogP contribution in [0.2, 0.25) is 0 Å². The van der Waals surface area contributed by atoms with Crippen molar-refractivity contribution < 1.29 is 9.72 Å². The largest absolute Gasteiger partial charge is 0.296 e. The number of nitro benzene ring substituents is 1. The molecule has 0 saturated carbocycles. The van der Waals surface area contributed by atoms with Crippen molar-refractivity contribution in [2.24, 2.45) is 0 Å². The summed E-state index contributed by atoms with van der Waals surface area (Å²) < 4.78 is 0. The highest BCUT2D eigenvalue weighted by Gasteiger charge is 2.19. The molecular weight excluding hydrogens is 316 g/mol. The molecule has 0 bridgehead atoms. The number of carbonyl (C=O) groups is 1. The quantitative estimate of drug-likeness (QED) is 0.472. The lowest BCUT2D eigenvalue weighted by atomic mass is 10.1. The van der Waals surface area contributed by atoms with Gasteiger partial charge in [-0.3, -0.25) is 20.2 Å². The van der Waals surface area contributed by atoms with Crippen molar-refractivity contribution in [1.29, 1.82) is 0 Å². The Morgan fingerprint density at radius 1 is 1.35 bits per heavy atom. The van der Waals surface area contributed by atoms with E-state index in [1.807, 2.05) is 0 Å². The zero-order valence-corrected chi connectivity index (χ0v) is 13.9. The van der Waals surface area contributed by atoms with Crippen LogP contribution in [-0.4, -0.2) is 21.0 Å². The van der Waals surface area contributed by atoms with Crippen LogP contribution in [0.4, 0.5) is 10.8 Å². The van der Waals surface area contributed by atoms with Gasteiger partial charge in [0, 0.05) is 23.6 Å². The van der Waals surface area contributed by atoms with E-state index in [2.05, 4.69) is 22.4 Å². The molecule has 0 saturated heterocycles. The molecule has 7 nitrogen and oxygen atoms in total. The number of nitro groups is 1. The van der Waals surface area contributed by atoms with Crippen LogP contribution in [0.1, 0.15) is 47.1 Å². The molecule has 0 radical (unpaired) electrons. The SMILES string of the molecule is CCCCCc1nnc(NC(=O)c2cccc([N+](=O)[O-])c2C)s1. The smallest absolute Gasteiger partial charge is 0.273 e. The maximum Gasteiger partial charge on any atom is 0.273 e. The van der Waals surface area contributed by atoms with E-state index in [9.17, 15) is 14.9 Å². The molecule has 1 heterocycles. The van der Waals surface area contributed by atoms with Gasteiger partial charge in [-0.2, -0.15) is 0 Å². The summed E-state index contributed by atoms with van der Waals surface area (Å²) in [6, 6.07) is 4.43. The Hall–Kier alpha value is -2.35. The Labute approximate surface area is 137 Å². The molecule has 1 amide bonds. The standard InChI is InChI=1S/C15H18N4O3S/c1-3-4-5-9-13-17-18-15(23-13)16-14(20)11-7-6-8-12(10(11)2)19(21)22/h6-8H,3-5,9H2,1-2H3,(H,16,18,20). The molecule has 0 atom stereocenters. The van der Waals surface area contributed by atoms with Gasteiger partial charge in [0.15, 0.2) is 0 Å². The number of rotatable bonds is 7. The van der Waals surface area contributed by atoms with Gasteiger partial charge in [-0.25, -0.2) is 0 Å². The van der Waals surface area contributed by atoms with Gasteiger partial charge in [0.2, 0.25) is 5.13 Å². The van der Waals surface area contributed by atoms with E-state index >= 15 is 0 Å². The fourth-order valence-corrected chi connectivity index (χ4v) is 2.94. The van der Waals surface area contributed by atoms with Crippen molar-refractivity contribution in [2.45, 2.75) is 39.5 Å². The number of nitrogens with zero attached hydrogens (tertiary/aromatic N) is 3. The maximum atomic E-state index is 12.3. The zero-order valence-electron chi connectivity index (χ0n) is 13.0. The Morgan fingerprint density at radius 2 is 2.13 bits per heavy atom. The minimum atomic E-state index is -0.497. The molecule has 1 aromatic carbocycles. The molecule has 0 aliphatic carbocycles. The molecule has 0 spiro atoms. The van der Waals surface area contributed by atoms with Crippen LogP contribution < -0.4 is 5.32 Å². The van der Waals surface area contributed by atoms with Gasteiger partial charge < -0.3 is 0 Å². The van der Waals surface area contributed by atoms with Crippen LogP contribution in [0.3, 0.4) is 0 Å². The molecule has 1 aromatic heterocycles. The number of nitrogens with one attached hydrogen (secondary N) is 1. The Bertz CT molecular complexity index is 714. The highest BCUT2D eigenvalue weighted by Crippen LogP contribution is 2.23. The van der Waals surface area contributed by atoms with Gasteiger partial charge >= 0.3 is 0 Å². The van der Waals surface area contributed by atoms with E-state index in [4.69, 9.17) is 0 Å². The van der Waals surface area contributed by atoms with Crippen molar-refractivity contribution in [2.75, 3.05) is 5.32 Å². The van der Waals surface area contributed by atoms with Crippen LogP contribution in [0, 0.1) is 17.0 Å². The first-order chi connectivity index (χ1) is 11.0. The first-order valence-corrected chi connectivity index (χ1v) is 8.22. The molecule has 122 valence electrons. The van der Waals surface area contributed by atoms with Crippen molar-refractivity contribution in [3.8, 4) is 0 Å². The molecule has 0 fully saturated rings. The molecule has 8 heteroatoms. The van der Waals surface area contributed by atoms with Crippen LogP contribution in [0.25, 0.3) is 0 Å². The Morgan fingerprint density at radius 3 is 2.83 bits per heavy atom. The molecule has 0 aliphatic heterocycles. The third kappa shape index (κ3) is 4.32. The highest BCUT2D eigenvalue weighted by molar-refractivity contribution is 7.15. The molecule has 2 aromatic rings. The summed E-state index contributed by atoms with van der Waals surface area (Å²) in [7, 11) is 0. The van der Waals surface area contributed by atoms with E-state index in [1.54, 1.807) is 13.0 Å². The number of anilines is 1. The van der Waals surface area contributed by atoms with Gasteiger partial charge in [-0.1, -0.05) is 37.2 Å². The summed E-state index contributed by atoms with van der Waals surface area (Å²) in [4.78, 5) is 22.7. The Balaban J connectivity index is 2.08. The van der Waals surface area contributed by atoms with Crippen molar-refractivity contribution in [3.05, 3.63) is 44.4 Å². The lowest BCUT2D eigenvalue weighted by molar-refractivity contribution is -0.385. The monoisotopic (exact) mass is 334 g/mol. The van der Waals surface area contributed by atoms with Gasteiger partial charge in [0.25, 0.3) is 11.6 Å². The first kappa shape index (κ1) is 17.0. The second kappa shape index (κ2) is 7.77. The summed E-state index contributed by atoms with van der Waals surface area (Å²) >= 11 is 1.33. The fraction of sp³-hybridized carbons (Fsp3) is 0.400. The third-order valence-electron chi connectivity index (χ3n) is 3.43. The number of unbranched alkanes of at least 4 members (excludes halogenated alkanes) is 2. The minimum absolute atomic E-state index is 0.0739. The van der Waals surface area contributed by atoms with E-state index in [1.165, 1.54) is 23.5 Å². The van der Waals surface area contributed by atoms with Gasteiger partial charge in [-0.15, -0.1) is 10.2 Å². The van der Waals surface area contributed by atoms with Gasteiger partial charge in [-0.05, 0) is 19.4 Å². The van der Waals surface area contributed by atoms with Gasteiger partial charge in [0.1, 0.15) is 5.01 Å². The number of hydrogen-bond donors (Lipinski definition) is 1. The summed E-state index contributed by atoms with van der Waals surface area (Å²) in [6.45, 7) is 3.69. The third-order valence-corrected chi connectivity index (χ3v) is 4.33. The lowest BCUT2D eigenvalue weighted by Crippen LogP contribution is -2.14. The number of aryl methyl sites for hydroxylation is 1. The molecular formula is C15H18N4O3S. The van der Waals surface area contributed by atoms with Crippen LogP contribution >= 0.6 is 11.3 Å². The summed E-state index contributed by atoms with van der Waals surface area (Å²) in [5, 5.41) is 22.9. The molecule has 23 heavy (non-hydrogen) atoms. The lowest BCUT2D eigenvalue weighted by Gasteiger charge is -2.05. The van der Waals surface area contributed by atoms with Crippen LogP contribution in [0.5, 0.6) is 0 Å². The zero-order chi connectivity index (χ0) is 16.8. The number of amides is 1. The van der Waals surface area contributed by atoms with Crippen molar-refractivity contribution >= 4 is 28.1 Å². The van der Waals surface area contributed by atoms with E-state index in [0.717, 1.165) is 30.7 Å². The predicted octanol–water partition coefficient (Wildman–Crippen LogP) is 3.74. The van der Waals surface area contributed by atoms with E-state index < -0.39 is 10.8 Å². The van der Waals surface area contributed by atoms with Crippen LogP contribution in [-0.2, 0) is 6.42 Å². The molecule has 0 aliphatic rings. The van der Waals surface area contributed by atoms with Crippen molar-refractivity contribution in [1.82, 2.24) is 10.2 Å².